The van der Waals surface area contributed by atoms with Crippen molar-refractivity contribution >= 4 is 47.3 Å². The Morgan fingerprint density at radius 1 is 1.53 bits per heavy atom. The molecule has 0 aromatic carbocycles. The first-order chi connectivity index (χ1) is 7.14. The monoisotopic (exact) mass is 355 g/mol. The molecule has 1 aliphatic carbocycles. The van der Waals surface area contributed by atoms with Crippen molar-refractivity contribution in [1.82, 2.24) is 4.98 Å². The molecule has 1 aliphatic rings. The normalized spacial score (nSPS) is 20.5. The van der Waals surface area contributed by atoms with Gasteiger partial charge >= 0.3 is 0 Å². The number of carbonyl (C=O) groups is 1. The van der Waals surface area contributed by atoms with Crippen molar-refractivity contribution in [3.63, 3.8) is 0 Å². The second kappa shape index (κ2) is 4.68. The molecular weight excluding hydrogens is 345 g/mol. The van der Waals surface area contributed by atoms with Gasteiger partial charge in [-0.25, -0.2) is 4.98 Å². The molecule has 1 fully saturated rings. The summed E-state index contributed by atoms with van der Waals surface area (Å²) >= 11 is 3.70. The molecule has 1 aromatic heterocycles. The van der Waals surface area contributed by atoms with Gasteiger partial charge in [-0.05, 0) is 21.8 Å². The third-order valence-electron chi connectivity index (χ3n) is 2.64. The van der Waals surface area contributed by atoms with Gasteiger partial charge in [0.25, 0.3) is 0 Å². The third-order valence-corrected chi connectivity index (χ3v) is 6.51. The summed E-state index contributed by atoms with van der Waals surface area (Å²) in [6.07, 6.45) is 3.79. The van der Waals surface area contributed by atoms with Crippen LogP contribution in [0.2, 0.25) is 0 Å². The van der Waals surface area contributed by atoms with E-state index < -0.39 is 5.60 Å². The topological polar surface area (TPSA) is 50.2 Å². The van der Waals surface area contributed by atoms with E-state index in [-0.39, 0.29) is 5.78 Å². The van der Waals surface area contributed by atoms with E-state index >= 15 is 0 Å². The highest BCUT2D eigenvalue weighted by Gasteiger charge is 2.35. The van der Waals surface area contributed by atoms with Crippen LogP contribution >= 0.6 is 41.5 Å². The smallest absolute Gasteiger partial charge is 0.160 e. The van der Waals surface area contributed by atoms with Crippen LogP contribution in [-0.2, 0) is 10.4 Å². The lowest BCUT2D eigenvalue weighted by molar-refractivity contribution is -0.125. The summed E-state index contributed by atoms with van der Waals surface area (Å²) in [5.41, 5.74) is -0.809. The van der Waals surface area contributed by atoms with Gasteiger partial charge in [-0.2, -0.15) is 0 Å². The van der Waals surface area contributed by atoms with Crippen LogP contribution in [0.1, 0.15) is 30.6 Å². The maximum atomic E-state index is 11.1. The van der Waals surface area contributed by atoms with Crippen LogP contribution in [0.3, 0.4) is 0 Å². The first kappa shape index (κ1) is 11.8. The summed E-state index contributed by atoms with van der Waals surface area (Å²) in [5.74, 6) is 0.257. The molecule has 0 radical (unpaired) electrons. The Hall–Kier alpha value is 0.340. The van der Waals surface area contributed by atoms with Crippen molar-refractivity contribution in [2.45, 2.75) is 35.6 Å². The van der Waals surface area contributed by atoms with Gasteiger partial charge in [0.1, 0.15) is 11.4 Å². The van der Waals surface area contributed by atoms with Gasteiger partial charge in [-0.1, -0.05) is 0 Å². The second-order valence-corrected chi connectivity index (χ2v) is 6.79. The van der Waals surface area contributed by atoms with E-state index in [1.807, 2.05) is 0 Å². The molecule has 1 saturated carbocycles. The number of halogens is 1. The number of nitrogens with zero attached hydrogens (tertiary/aromatic N) is 1. The quantitative estimate of drug-likeness (QED) is 0.829. The van der Waals surface area contributed by atoms with E-state index in [1.165, 1.54) is 11.3 Å². The Morgan fingerprint density at radius 3 is 2.73 bits per heavy atom. The minimum atomic E-state index is -0.809. The van der Waals surface area contributed by atoms with E-state index in [0.717, 1.165) is 9.22 Å². The van der Waals surface area contributed by atoms with E-state index in [1.54, 1.807) is 15.1 Å². The first-order valence-electron chi connectivity index (χ1n) is 4.63. The molecule has 6 heteroatoms. The molecule has 1 aromatic rings. The minimum absolute atomic E-state index is 0.257. The summed E-state index contributed by atoms with van der Waals surface area (Å²) in [6, 6.07) is 0. The lowest BCUT2D eigenvalue weighted by Crippen LogP contribution is -2.30. The predicted molar refractivity (Wildman–Crippen MR) is 69.4 cm³/mol. The standard InChI is InChI=1S/C9H10INO2S2/c10-15-8-11-5-7(14-8)9(13)3-1-6(12)2-4-9/h5,13H,1-4H2. The van der Waals surface area contributed by atoms with Gasteiger partial charge in [0.05, 0.1) is 4.88 Å². The predicted octanol–water partition coefficient (Wildman–Crippen LogP) is 2.92. The number of hydrogen-bond acceptors (Lipinski definition) is 5. The maximum Gasteiger partial charge on any atom is 0.160 e. The second-order valence-electron chi connectivity index (χ2n) is 3.64. The molecule has 0 unspecified atom stereocenters. The Kier molecular flexibility index (Phi) is 3.69. The van der Waals surface area contributed by atoms with E-state index in [2.05, 4.69) is 26.2 Å². The molecule has 0 aliphatic heterocycles. The van der Waals surface area contributed by atoms with Crippen LogP contribution in [0.4, 0.5) is 0 Å². The molecule has 0 amide bonds. The highest BCUT2D eigenvalue weighted by molar-refractivity contribution is 14.2. The number of thiazole rings is 1. The van der Waals surface area contributed by atoms with Gasteiger partial charge in [0, 0.05) is 40.2 Å². The van der Waals surface area contributed by atoms with Gasteiger partial charge in [-0.15, -0.1) is 11.3 Å². The van der Waals surface area contributed by atoms with Gasteiger partial charge in [-0.3, -0.25) is 4.79 Å². The Balaban J connectivity index is 2.18. The number of carbonyl (C=O) groups excluding carboxylic acids is 1. The fourth-order valence-electron chi connectivity index (χ4n) is 1.70. The minimum Gasteiger partial charge on any atom is -0.384 e. The largest absolute Gasteiger partial charge is 0.384 e. The van der Waals surface area contributed by atoms with Crippen LogP contribution < -0.4 is 0 Å². The molecule has 0 spiro atoms. The maximum absolute atomic E-state index is 11.1. The molecule has 1 heterocycles. The van der Waals surface area contributed by atoms with Gasteiger partial charge in [0.15, 0.2) is 4.34 Å². The Bertz CT molecular complexity index is 370. The lowest BCUT2D eigenvalue weighted by atomic mass is 9.83. The molecular formula is C9H10INO2S2. The zero-order valence-electron chi connectivity index (χ0n) is 7.90. The fraction of sp³-hybridized carbons (Fsp3) is 0.556. The molecule has 3 nitrogen and oxygen atoms in total. The SMILES string of the molecule is O=C1CCC(O)(c2cnc(SI)s2)CC1. The van der Waals surface area contributed by atoms with Crippen molar-refractivity contribution in [3.05, 3.63) is 11.1 Å². The first-order valence-corrected chi connectivity index (χ1v) is 8.80. The van der Waals surface area contributed by atoms with Crippen molar-refractivity contribution in [1.29, 1.82) is 0 Å². The van der Waals surface area contributed by atoms with Crippen molar-refractivity contribution in [3.8, 4) is 0 Å². The summed E-state index contributed by atoms with van der Waals surface area (Å²) in [6.45, 7) is 0. The zero-order chi connectivity index (χ0) is 10.9. The fourth-order valence-corrected chi connectivity index (χ4v) is 4.13. The number of hydrogen-bond donors (Lipinski definition) is 1. The number of rotatable bonds is 2. The van der Waals surface area contributed by atoms with Crippen LogP contribution in [0, 0.1) is 0 Å². The summed E-state index contributed by atoms with van der Waals surface area (Å²) in [4.78, 5) is 16.2. The number of Topliss-reactive ketones (excluding diaryl/α,β-unsaturated/α-hetero) is 1. The lowest BCUT2D eigenvalue weighted by Gasteiger charge is -2.29. The average Bonchev–Trinajstić information content (AvgIpc) is 2.72. The molecule has 82 valence electrons. The molecule has 1 N–H and O–H groups in total. The van der Waals surface area contributed by atoms with Crippen LogP contribution in [0.15, 0.2) is 10.5 Å². The summed E-state index contributed by atoms with van der Waals surface area (Å²) in [7, 11) is 1.55. The molecule has 15 heavy (non-hydrogen) atoms. The molecule has 0 saturated heterocycles. The van der Waals surface area contributed by atoms with E-state index in [9.17, 15) is 9.90 Å². The van der Waals surface area contributed by atoms with Crippen LogP contribution in [0.25, 0.3) is 0 Å². The number of aromatic nitrogens is 1. The Labute approximate surface area is 108 Å². The van der Waals surface area contributed by atoms with Gasteiger partial charge < -0.3 is 5.11 Å². The third kappa shape index (κ3) is 2.54. The molecule has 0 bridgehead atoms. The highest BCUT2D eigenvalue weighted by atomic mass is 127. The zero-order valence-corrected chi connectivity index (χ0v) is 11.7. The van der Waals surface area contributed by atoms with Gasteiger partial charge in [0.2, 0.25) is 0 Å². The van der Waals surface area contributed by atoms with Crippen LogP contribution in [-0.4, -0.2) is 15.9 Å². The van der Waals surface area contributed by atoms with Crippen LogP contribution in [0.5, 0.6) is 0 Å². The summed E-state index contributed by atoms with van der Waals surface area (Å²) < 4.78 is 0.955. The van der Waals surface area contributed by atoms with E-state index in [4.69, 9.17) is 0 Å². The molecule has 0 atom stereocenters. The Morgan fingerprint density at radius 2 is 2.20 bits per heavy atom. The average molecular weight is 355 g/mol. The van der Waals surface area contributed by atoms with Crippen molar-refractivity contribution in [2.24, 2.45) is 0 Å². The van der Waals surface area contributed by atoms with Crippen molar-refractivity contribution in [2.75, 3.05) is 0 Å². The summed E-state index contributed by atoms with van der Waals surface area (Å²) in [5, 5.41) is 10.4. The number of ketones is 1. The number of aliphatic hydroxyl groups is 1. The molecule has 2 rings (SSSR count). The highest BCUT2D eigenvalue weighted by Crippen LogP contribution is 2.41. The van der Waals surface area contributed by atoms with E-state index in [0.29, 0.717) is 25.7 Å². The van der Waals surface area contributed by atoms with Crippen molar-refractivity contribution < 1.29 is 9.90 Å².